The summed E-state index contributed by atoms with van der Waals surface area (Å²) < 4.78 is 23.1. The first-order valence-corrected chi connectivity index (χ1v) is 20.7. The zero-order valence-electron chi connectivity index (χ0n) is 31.2. The molecule has 0 aliphatic carbocycles. The van der Waals surface area contributed by atoms with Crippen LogP contribution in [0.1, 0.15) is 162 Å². The smallest absolute Gasteiger partial charge is 0.268 e. The van der Waals surface area contributed by atoms with Crippen LogP contribution in [0.2, 0.25) is 0 Å². The Kier molecular flexibility index (Phi) is 30.3. The number of aliphatic hydroxyl groups excluding tert-OH is 1. The molecule has 278 valence electrons. The fraction of sp³-hybridized carbons (Fsp3) is 0.868. The second-order valence-corrected chi connectivity index (χ2v) is 15.7. The van der Waals surface area contributed by atoms with Gasteiger partial charge >= 0.3 is 0 Å². The standard InChI is InChI=1S/C38H75N2O6P/c1-6-8-10-12-14-16-18-19-20-22-24-26-28-30-32-38(42)39-36(35-46-47(43,44)45-34-33-40(3,4)5)37(41)31-29-27-25-23-21-17-15-13-11-9-7-2/h18-19,29,31,36-37,41H,6-17,20-28,30,32-35H2,1-5H3,(H-,39,42,43,44)/b19-18-,31-29+. The van der Waals surface area contributed by atoms with E-state index in [4.69, 9.17) is 9.05 Å². The van der Waals surface area contributed by atoms with Crippen LogP contribution in [0.15, 0.2) is 24.3 Å². The maximum absolute atomic E-state index is 12.8. The third kappa shape index (κ3) is 33.3. The number of rotatable bonds is 34. The fourth-order valence-corrected chi connectivity index (χ4v) is 5.99. The molecule has 0 saturated carbocycles. The van der Waals surface area contributed by atoms with E-state index in [1.54, 1.807) is 6.08 Å². The summed E-state index contributed by atoms with van der Waals surface area (Å²) in [6.45, 7) is 4.59. The highest BCUT2D eigenvalue weighted by Gasteiger charge is 2.23. The van der Waals surface area contributed by atoms with Crippen LogP contribution >= 0.6 is 7.82 Å². The molecule has 47 heavy (non-hydrogen) atoms. The van der Waals surface area contributed by atoms with Crippen molar-refractivity contribution in [2.45, 2.75) is 174 Å². The first-order valence-electron chi connectivity index (χ1n) is 19.2. The Hall–Kier alpha value is -1.02. The third-order valence-corrected chi connectivity index (χ3v) is 9.37. The summed E-state index contributed by atoms with van der Waals surface area (Å²) in [6.07, 6.45) is 33.6. The summed E-state index contributed by atoms with van der Waals surface area (Å²) >= 11 is 0. The zero-order chi connectivity index (χ0) is 35.1. The minimum absolute atomic E-state index is 0.00207. The van der Waals surface area contributed by atoms with Crippen molar-refractivity contribution in [2.24, 2.45) is 0 Å². The largest absolute Gasteiger partial charge is 0.756 e. The molecular formula is C38H75N2O6P. The zero-order valence-corrected chi connectivity index (χ0v) is 32.1. The van der Waals surface area contributed by atoms with Gasteiger partial charge < -0.3 is 28.8 Å². The monoisotopic (exact) mass is 687 g/mol. The van der Waals surface area contributed by atoms with Gasteiger partial charge in [-0.25, -0.2) is 0 Å². The molecule has 3 atom stereocenters. The summed E-state index contributed by atoms with van der Waals surface area (Å²) in [5, 5.41) is 13.7. The number of aliphatic hydroxyl groups is 1. The normalized spacial score (nSPS) is 15.0. The SMILES string of the molecule is CCCCCCC/C=C\CCCCCCCC(=O)NC(COP(=O)([O-])OCC[N+](C)(C)C)C(O)/C=C/CCCCCCCCCCC. The van der Waals surface area contributed by atoms with Crippen molar-refractivity contribution in [2.75, 3.05) is 40.9 Å². The maximum atomic E-state index is 12.8. The van der Waals surface area contributed by atoms with Crippen LogP contribution in [0.4, 0.5) is 0 Å². The van der Waals surface area contributed by atoms with E-state index in [1.165, 1.54) is 89.9 Å². The summed E-state index contributed by atoms with van der Waals surface area (Å²) in [5.74, 6) is -0.210. The quantitative estimate of drug-likeness (QED) is 0.0303. The maximum Gasteiger partial charge on any atom is 0.268 e. The first kappa shape index (κ1) is 46.0. The van der Waals surface area contributed by atoms with E-state index in [1.807, 2.05) is 27.2 Å². The second-order valence-electron chi connectivity index (χ2n) is 14.3. The number of unbranched alkanes of at least 4 members (excludes halogenated alkanes) is 19. The van der Waals surface area contributed by atoms with Gasteiger partial charge in [-0.2, -0.15) is 0 Å². The van der Waals surface area contributed by atoms with Crippen LogP contribution in [0, 0.1) is 0 Å². The lowest BCUT2D eigenvalue weighted by atomic mass is 10.1. The molecule has 0 aromatic heterocycles. The van der Waals surface area contributed by atoms with E-state index in [9.17, 15) is 19.4 Å². The number of nitrogens with one attached hydrogen (secondary N) is 1. The minimum Gasteiger partial charge on any atom is -0.756 e. The van der Waals surface area contributed by atoms with Crippen molar-refractivity contribution in [3.05, 3.63) is 24.3 Å². The van der Waals surface area contributed by atoms with Gasteiger partial charge in [0.05, 0.1) is 39.9 Å². The molecule has 0 aliphatic rings. The lowest BCUT2D eigenvalue weighted by Gasteiger charge is -2.29. The van der Waals surface area contributed by atoms with Crippen molar-refractivity contribution >= 4 is 13.7 Å². The van der Waals surface area contributed by atoms with E-state index < -0.39 is 20.0 Å². The Labute approximate surface area is 290 Å². The minimum atomic E-state index is -4.58. The molecule has 0 aliphatic heterocycles. The van der Waals surface area contributed by atoms with Crippen LogP contribution in [0.5, 0.6) is 0 Å². The fourth-order valence-electron chi connectivity index (χ4n) is 5.26. The van der Waals surface area contributed by atoms with E-state index in [0.717, 1.165) is 51.4 Å². The average Bonchev–Trinajstić information content (AvgIpc) is 3.01. The average molecular weight is 687 g/mol. The Balaban J connectivity index is 4.54. The molecule has 0 rings (SSSR count). The van der Waals surface area contributed by atoms with Crippen LogP contribution in [0.3, 0.4) is 0 Å². The third-order valence-electron chi connectivity index (χ3n) is 8.41. The van der Waals surface area contributed by atoms with Crippen LogP contribution in [-0.4, -0.2) is 68.5 Å². The van der Waals surface area contributed by atoms with Crippen LogP contribution in [0.25, 0.3) is 0 Å². The topological polar surface area (TPSA) is 108 Å². The number of carbonyl (C=O) groups excluding carboxylic acids is 1. The van der Waals surface area contributed by atoms with Crippen molar-refractivity contribution < 1.29 is 32.9 Å². The lowest BCUT2D eigenvalue weighted by Crippen LogP contribution is -2.45. The van der Waals surface area contributed by atoms with E-state index >= 15 is 0 Å². The van der Waals surface area contributed by atoms with Gasteiger partial charge in [-0.1, -0.05) is 134 Å². The van der Waals surface area contributed by atoms with E-state index in [2.05, 4.69) is 31.3 Å². The Morgan fingerprint density at radius 2 is 1.17 bits per heavy atom. The summed E-state index contributed by atoms with van der Waals surface area (Å²) in [4.78, 5) is 25.1. The molecule has 8 nitrogen and oxygen atoms in total. The first-order chi connectivity index (χ1) is 22.5. The van der Waals surface area contributed by atoms with Crippen LogP contribution in [-0.2, 0) is 18.4 Å². The number of hydrogen-bond acceptors (Lipinski definition) is 6. The number of likely N-dealkylation sites (N-methyl/N-ethyl adjacent to an activating group) is 1. The number of nitrogens with zero attached hydrogens (tertiary/aromatic N) is 1. The molecule has 9 heteroatoms. The highest BCUT2D eigenvalue weighted by atomic mass is 31.2. The Morgan fingerprint density at radius 1 is 0.723 bits per heavy atom. The molecule has 2 N–H and O–H groups in total. The van der Waals surface area contributed by atoms with Gasteiger partial charge in [-0.15, -0.1) is 0 Å². The Morgan fingerprint density at radius 3 is 1.66 bits per heavy atom. The number of amides is 1. The van der Waals surface area contributed by atoms with Crippen LogP contribution < -0.4 is 10.2 Å². The van der Waals surface area contributed by atoms with Gasteiger partial charge in [0, 0.05) is 6.42 Å². The van der Waals surface area contributed by atoms with Crippen molar-refractivity contribution in [3.8, 4) is 0 Å². The predicted octanol–water partition coefficient (Wildman–Crippen LogP) is 9.16. The van der Waals surface area contributed by atoms with E-state index in [0.29, 0.717) is 17.4 Å². The number of allylic oxidation sites excluding steroid dienone is 3. The molecule has 0 heterocycles. The molecule has 0 bridgehead atoms. The van der Waals surface area contributed by atoms with Gasteiger partial charge in [-0.3, -0.25) is 9.36 Å². The number of carbonyl (C=O) groups is 1. The summed E-state index contributed by atoms with van der Waals surface area (Å²) in [5.41, 5.74) is 0. The van der Waals surface area contributed by atoms with Gasteiger partial charge in [0.25, 0.3) is 7.82 Å². The predicted molar refractivity (Wildman–Crippen MR) is 196 cm³/mol. The second kappa shape index (κ2) is 31.0. The molecule has 3 unspecified atom stereocenters. The van der Waals surface area contributed by atoms with Crippen molar-refractivity contribution in [1.82, 2.24) is 5.32 Å². The number of quaternary nitrogens is 1. The van der Waals surface area contributed by atoms with Gasteiger partial charge in [0.15, 0.2) is 0 Å². The van der Waals surface area contributed by atoms with Gasteiger partial charge in [-0.05, 0) is 44.9 Å². The molecule has 0 fully saturated rings. The molecule has 1 amide bonds. The van der Waals surface area contributed by atoms with Crippen molar-refractivity contribution in [3.63, 3.8) is 0 Å². The molecule has 0 radical (unpaired) electrons. The van der Waals surface area contributed by atoms with E-state index in [-0.39, 0.29) is 19.1 Å². The number of hydrogen-bond donors (Lipinski definition) is 2. The van der Waals surface area contributed by atoms with Crippen molar-refractivity contribution in [1.29, 1.82) is 0 Å². The summed E-state index contributed by atoms with van der Waals surface area (Å²) in [7, 11) is 1.25. The molecule has 0 spiro atoms. The number of phosphoric ester groups is 1. The Bertz CT molecular complexity index is 829. The molecule has 0 aromatic carbocycles. The highest BCUT2D eigenvalue weighted by Crippen LogP contribution is 2.38. The van der Waals surface area contributed by atoms with Gasteiger partial charge in [0.1, 0.15) is 13.2 Å². The molecule has 0 saturated heterocycles. The summed E-state index contributed by atoms with van der Waals surface area (Å²) in [6, 6.07) is -0.885. The highest BCUT2D eigenvalue weighted by molar-refractivity contribution is 7.45. The van der Waals surface area contributed by atoms with Gasteiger partial charge in [0.2, 0.25) is 5.91 Å². The molecule has 0 aromatic rings. The molecular weight excluding hydrogens is 611 g/mol. The number of phosphoric acid groups is 1. The lowest BCUT2D eigenvalue weighted by molar-refractivity contribution is -0.870.